The normalized spacial score (nSPS) is 10.2. The van der Waals surface area contributed by atoms with Crippen molar-refractivity contribution >= 4 is 11.9 Å². The average Bonchev–Trinajstić information content (AvgIpc) is 2.27. The van der Waals surface area contributed by atoms with Crippen molar-refractivity contribution in [2.24, 2.45) is 5.73 Å². The van der Waals surface area contributed by atoms with Gasteiger partial charge in [0.05, 0.1) is 24.7 Å². The molecule has 0 spiro atoms. The van der Waals surface area contributed by atoms with Crippen molar-refractivity contribution in [1.82, 2.24) is 4.90 Å². The van der Waals surface area contributed by atoms with Crippen LogP contribution in [0.5, 0.6) is 0 Å². The molecule has 0 heterocycles. The molecule has 1 aromatic carbocycles. The van der Waals surface area contributed by atoms with Gasteiger partial charge in [0.2, 0.25) is 5.91 Å². The standard InChI is InChI=1S/C12H12FN3O3/c13-10-2-1-8(4-14)9(3-10)5-16(6-11(15)17)7-12(18)19/h1-3H,5-7H2,(H2,15,17)(H,18,19). The number of hydrogen-bond acceptors (Lipinski definition) is 4. The molecule has 0 saturated carbocycles. The smallest absolute Gasteiger partial charge is 0.317 e. The number of hydrogen-bond donors (Lipinski definition) is 2. The second kappa shape index (κ2) is 6.47. The fourth-order valence-corrected chi connectivity index (χ4v) is 1.62. The molecule has 0 saturated heterocycles. The molecule has 0 aromatic heterocycles. The number of amides is 1. The van der Waals surface area contributed by atoms with Crippen LogP contribution in [-0.2, 0) is 16.1 Å². The number of rotatable bonds is 6. The number of aliphatic carboxylic acids is 1. The first-order valence-electron chi connectivity index (χ1n) is 5.33. The third-order valence-corrected chi connectivity index (χ3v) is 2.32. The van der Waals surface area contributed by atoms with E-state index in [1.165, 1.54) is 11.0 Å². The summed E-state index contributed by atoms with van der Waals surface area (Å²) in [6.07, 6.45) is 0. The third kappa shape index (κ3) is 4.73. The van der Waals surface area contributed by atoms with E-state index in [0.717, 1.165) is 12.1 Å². The van der Waals surface area contributed by atoms with E-state index >= 15 is 0 Å². The summed E-state index contributed by atoms with van der Waals surface area (Å²) in [5.41, 5.74) is 5.54. The van der Waals surface area contributed by atoms with Crippen LogP contribution in [-0.4, -0.2) is 35.0 Å². The Morgan fingerprint density at radius 2 is 2.11 bits per heavy atom. The molecular formula is C12H12FN3O3. The average molecular weight is 265 g/mol. The van der Waals surface area contributed by atoms with E-state index in [1.807, 2.05) is 6.07 Å². The fraction of sp³-hybridized carbons (Fsp3) is 0.250. The van der Waals surface area contributed by atoms with Gasteiger partial charge in [-0.1, -0.05) is 0 Å². The van der Waals surface area contributed by atoms with Crippen LogP contribution in [0, 0.1) is 17.1 Å². The van der Waals surface area contributed by atoms with E-state index < -0.39 is 24.2 Å². The van der Waals surface area contributed by atoms with E-state index in [-0.39, 0.29) is 18.7 Å². The van der Waals surface area contributed by atoms with Crippen LogP contribution < -0.4 is 5.73 Å². The van der Waals surface area contributed by atoms with Gasteiger partial charge in [0.15, 0.2) is 0 Å². The van der Waals surface area contributed by atoms with Gasteiger partial charge < -0.3 is 10.8 Å². The molecule has 0 atom stereocenters. The predicted molar refractivity (Wildman–Crippen MR) is 63.2 cm³/mol. The first-order valence-corrected chi connectivity index (χ1v) is 5.33. The molecular weight excluding hydrogens is 253 g/mol. The number of nitriles is 1. The number of benzene rings is 1. The summed E-state index contributed by atoms with van der Waals surface area (Å²) in [6.45, 7) is -0.756. The van der Waals surface area contributed by atoms with Gasteiger partial charge in [-0.3, -0.25) is 14.5 Å². The summed E-state index contributed by atoms with van der Waals surface area (Å²) in [4.78, 5) is 22.7. The summed E-state index contributed by atoms with van der Waals surface area (Å²) < 4.78 is 13.1. The van der Waals surface area contributed by atoms with Gasteiger partial charge >= 0.3 is 5.97 Å². The molecule has 1 amide bonds. The van der Waals surface area contributed by atoms with Crippen molar-refractivity contribution < 1.29 is 19.1 Å². The Labute approximate surface area is 108 Å². The first-order chi connectivity index (χ1) is 8.92. The van der Waals surface area contributed by atoms with Gasteiger partial charge in [0, 0.05) is 6.54 Å². The van der Waals surface area contributed by atoms with Gasteiger partial charge in [0.1, 0.15) is 5.82 Å². The largest absolute Gasteiger partial charge is 0.480 e. The molecule has 0 aliphatic rings. The molecule has 0 aliphatic heterocycles. The second-order valence-electron chi connectivity index (χ2n) is 3.92. The summed E-state index contributed by atoms with van der Waals surface area (Å²) >= 11 is 0. The highest BCUT2D eigenvalue weighted by Crippen LogP contribution is 2.13. The van der Waals surface area contributed by atoms with Crippen LogP contribution >= 0.6 is 0 Å². The molecule has 0 radical (unpaired) electrons. The Morgan fingerprint density at radius 3 is 2.63 bits per heavy atom. The van der Waals surface area contributed by atoms with E-state index in [4.69, 9.17) is 16.1 Å². The SMILES string of the molecule is N#Cc1ccc(F)cc1CN(CC(N)=O)CC(=O)O. The zero-order valence-corrected chi connectivity index (χ0v) is 9.97. The maximum absolute atomic E-state index is 13.1. The highest BCUT2D eigenvalue weighted by atomic mass is 19.1. The Kier molecular flexibility index (Phi) is 4.97. The zero-order valence-electron chi connectivity index (χ0n) is 9.97. The number of nitrogens with two attached hydrogens (primary N) is 1. The van der Waals surface area contributed by atoms with E-state index in [0.29, 0.717) is 5.56 Å². The van der Waals surface area contributed by atoms with Crippen LogP contribution in [0.2, 0.25) is 0 Å². The van der Waals surface area contributed by atoms with Crippen molar-refractivity contribution in [3.63, 3.8) is 0 Å². The van der Waals surface area contributed by atoms with Crippen molar-refractivity contribution in [3.8, 4) is 6.07 Å². The molecule has 1 aromatic rings. The van der Waals surface area contributed by atoms with Gasteiger partial charge in [-0.2, -0.15) is 5.26 Å². The van der Waals surface area contributed by atoms with Crippen LogP contribution in [0.1, 0.15) is 11.1 Å². The maximum Gasteiger partial charge on any atom is 0.317 e. The van der Waals surface area contributed by atoms with E-state index in [1.54, 1.807) is 0 Å². The molecule has 19 heavy (non-hydrogen) atoms. The lowest BCUT2D eigenvalue weighted by Crippen LogP contribution is -2.37. The topological polar surface area (TPSA) is 107 Å². The Morgan fingerprint density at radius 1 is 1.42 bits per heavy atom. The Hall–Kier alpha value is -2.46. The molecule has 7 heteroatoms. The highest BCUT2D eigenvalue weighted by molar-refractivity contribution is 5.77. The number of nitrogens with zero attached hydrogens (tertiary/aromatic N) is 2. The van der Waals surface area contributed by atoms with Crippen LogP contribution in [0.15, 0.2) is 18.2 Å². The second-order valence-corrected chi connectivity index (χ2v) is 3.92. The van der Waals surface area contributed by atoms with Gasteiger partial charge in [-0.05, 0) is 23.8 Å². The molecule has 0 bridgehead atoms. The lowest BCUT2D eigenvalue weighted by Gasteiger charge is -2.19. The van der Waals surface area contributed by atoms with Crippen molar-refractivity contribution in [2.45, 2.75) is 6.54 Å². The summed E-state index contributed by atoms with van der Waals surface area (Å²) in [6, 6.07) is 5.45. The van der Waals surface area contributed by atoms with Gasteiger partial charge in [0.25, 0.3) is 0 Å². The molecule has 100 valence electrons. The summed E-state index contributed by atoms with van der Waals surface area (Å²) in [5.74, 6) is -2.38. The van der Waals surface area contributed by atoms with Gasteiger partial charge in [-0.25, -0.2) is 4.39 Å². The molecule has 0 aliphatic carbocycles. The highest BCUT2D eigenvalue weighted by Gasteiger charge is 2.15. The van der Waals surface area contributed by atoms with E-state index in [9.17, 15) is 14.0 Å². The number of carboxylic acid groups (broad SMARTS) is 1. The maximum atomic E-state index is 13.1. The fourth-order valence-electron chi connectivity index (χ4n) is 1.62. The first kappa shape index (κ1) is 14.6. The summed E-state index contributed by atoms with van der Waals surface area (Å²) in [7, 11) is 0. The van der Waals surface area contributed by atoms with Crippen LogP contribution in [0.25, 0.3) is 0 Å². The van der Waals surface area contributed by atoms with Gasteiger partial charge in [-0.15, -0.1) is 0 Å². The van der Waals surface area contributed by atoms with Crippen molar-refractivity contribution in [2.75, 3.05) is 13.1 Å². The van der Waals surface area contributed by atoms with E-state index in [2.05, 4.69) is 0 Å². The quantitative estimate of drug-likeness (QED) is 0.756. The molecule has 0 unspecified atom stereocenters. The van der Waals surface area contributed by atoms with Crippen LogP contribution in [0.4, 0.5) is 4.39 Å². The lowest BCUT2D eigenvalue weighted by molar-refractivity contribution is -0.138. The predicted octanol–water partition coefficient (Wildman–Crippen LogP) is 0.0693. The third-order valence-electron chi connectivity index (χ3n) is 2.32. The minimum absolute atomic E-state index is 0.0457. The van der Waals surface area contributed by atoms with Crippen LogP contribution in [0.3, 0.4) is 0 Å². The number of carboxylic acids is 1. The van der Waals surface area contributed by atoms with Crippen molar-refractivity contribution in [1.29, 1.82) is 5.26 Å². The molecule has 3 N–H and O–H groups in total. The number of primary amides is 1. The number of carbonyl (C=O) groups excluding carboxylic acids is 1. The minimum Gasteiger partial charge on any atom is -0.480 e. The Balaban J connectivity index is 2.95. The van der Waals surface area contributed by atoms with Crippen molar-refractivity contribution in [3.05, 3.63) is 35.1 Å². The molecule has 6 nitrogen and oxygen atoms in total. The minimum atomic E-state index is -1.14. The monoisotopic (exact) mass is 265 g/mol. The molecule has 1 rings (SSSR count). The molecule has 0 fully saturated rings. The number of halogens is 1. The Bertz CT molecular complexity index is 524. The zero-order chi connectivity index (χ0) is 14.4. The number of carbonyl (C=O) groups is 2. The summed E-state index contributed by atoms with van der Waals surface area (Å²) in [5, 5.41) is 17.6. The lowest BCUT2D eigenvalue weighted by atomic mass is 10.1.